The van der Waals surface area contributed by atoms with Gasteiger partial charge in [0.25, 0.3) is 0 Å². The van der Waals surface area contributed by atoms with E-state index < -0.39 is 31.9 Å². The Labute approximate surface area is 88.8 Å². The SMILES string of the molecule is O=S(=O)([N-]S(=O)(=O)C(F)(F)F)OC1COC1. The summed E-state index contributed by atoms with van der Waals surface area (Å²) in [6.45, 7) is -0.304. The Kier molecular flexibility index (Phi) is 3.50. The van der Waals surface area contributed by atoms with E-state index in [9.17, 15) is 30.0 Å². The number of halogens is 3. The molecule has 1 aliphatic heterocycles. The first-order valence-corrected chi connectivity index (χ1v) is 6.40. The first-order chi connectivity index (χ1) is 7.04. The molecule has 1 rings (SSSR count). The number of alkyl halides is 3. The second kappa shape index (κ2) is 4.10. The number of hydrogen-bond acceptors (Lipinski definition) is 6. The average molecular weight is 284 g/mol. The van der Waals surface area contributed by atoms with Gasteiger partial charge >= 0.3 is 5.51 Å². The molecule has 0 aliphatic carbocycles. The molecule has 0 unspecified atom stereocenters. The Bertz CT molecular complexity index is 449. The van der Waals surface area contributed by atoms with Gasteiger partial charge in [-0.05, 0) is 0 Å². The lowest BCUT2D eigenvalue weighted by Crippen LogP contribution is -2.38. The van der Waals surface area contributed by atoms with Crippen LogP contribution in [0.15, 0.2) is 0 Å². The molecule has 0 spiro atoms. The average Bonchev–Trinajstić information content (AvgIpc) is 1.92. The van der Waals surface area contributed by atoms with Gasteiger partial charge in [0.2, 0.25) is 10.3 Å². The molecule has 16 heavy (non-hydrogen) atoms. The van der Waals surface area contributed by atoms with E-state index in [-0.39, 0.29) is 13.2 Å². The Morgan fingerprint density at radius 1 is 1.19 bits per heavy atom. The van der Waals surface area contributed by atoms with Crippen molar-refractivity contribution in [3.8, 4) is 0 Å². The summed E-state index contributed by atoms with van der Waals surface area (Å²) in [4.78, 5) is 0. The van der Waals surface area contributed by atoms with E-state index in [0.29, 0.717) is 0 Å². The van der Waals surface area contributed by atoms with Crippen LogP contribution in [-0.4, -0.2) is 41.7 Å². The van der Waals surface area contributed by atoms with Crippen LogP contribution in [0.4, 0.5) is 13.2 Å². The molecule has 0 saturated carbocycles. The van der Waals surface area contributed by atoms with Gasteiger partial charge in [-0.2, -0.15) is 13.2 Å². The third-order valence-corrected chi connectivity index (χ3v) is 3.96. The molecule has 96 valence electrons. The van der Waals surface area contributed by atoms with Gasteiger partial charge in [0.1, 0.15) is 6.10 Å². The van der Waals surface area contributed by atoms with E-state index in [1.54, 1.807) is 4.13 Å². The zero-order chi connectivity index (χ0) is 12.6. The maximum Gasteiger partial charge on any atom is 0.480 e. The van der Waals surface area contributed by atoms with Crippen molar-refractivity contribution in [3.05, 3.63) is 4.13 Å². The van der Waals surface area contributed by atoms with Crippen LogP contribution in [0.2, 0.25) is 0 Å². The number of hydrogen-bond donors (Lipinski definition) is 0. The van der Waals surface area contributed by atoms with Crippen molar-refractivity contribution >= 4 is 20.3 Å². The van der Waals surface area contributed by atoms with E-state index in [0.717, 1.165) is 0 Å². The molecule has 1 saturated heterocycles. The topological polar surface area (TPSA) is 101 Å². The van der Waals surface area contributed by atoms with Gasteiger partial charge < -0.3 is 8.86 Å². The van der Waals surface area contributed by atoms with Crippen LogP contribution >= 0.6 is 0 Å². The van der Waals surface area contributed by atoms with Crippen LogP contribution in [0.3, 0.4) is 0 Å². The molecule has 0 bridgehead atoms. The normalized spacial score (nSPS) is 19.4. The minimum Gasteiger partial charge on any atom is -0.404 e. The number of nitrogens with zero attached hydrogens (tertiary/aromatic N) is 1. The van der Waals surface area contributed by atoms with Crippen LogP contribution in [0.25, 0.3) is 4.13 Å². The van der Waals surface area contributed by atoms with Crippen molar-refractivity contribution in [2.45, 2.75) is 11.6 Å². The Balaban J connectivity index is 2.72. The van der Waals surface area contributed by atoms with Crippen molar-refractivity contribution < 1.29 is 38.9 Å². The first kappa shape index (κ1) is 13.6. The molecule has 0 aromatic carbocycles. The summed E-state index contributed by atoms with van der Waals surface area (Å²) < 4.78 is 87.8. The third kappa shape index (κ3) is 3.28. The molecule has 7 nitrogen and oxygen atoms in total. The number of ether oxygens (including phenoxy) is 1. The molecule has 0 amide bonds. The van der Waals surface area contributed by atoms with E-state index in [1.165, 1.54) is 0 Å². The zero-order valence-corrected chi connectivity index (χ0v) is 8.97. The lowest BCUT2D eigenvalue weighted by molar-refractivity contribution is -0.0764. The molecule has 0 aromatic rings. The summed E-state index contributed by atoms with van der Waals surface area (Å²) in [5.74, 6) is 0. The van der Waals surface area contributed by atoms with Gasteiger partial charge in [0, 0.05) is 0 Å². The first-order valence-electron chi connectivity index (χ1n) is 3.60. The minimum atomic E-state index is -6.11. The highest BCUT2D eigenvalue weighted by atomic mass is 32.3. The highest BCUT2D eigenvalue weighted by molar-refractivity contribution is 8.10. The largest absolute Gasteiger partial charge is 0.480 e. The lowest BCUT2D eigenvalue weighted by Gasteiger charge is -2.29. The zero-order valence-electron chi connectivity index (χ0n) is 7.34. The summed E-state index contributed by atoms with van der Waals surface area (Å²) in [5, 5.41) is 0. The molecular formula is C4H5F3NO6S2-. The maximum atomic E-state index is 11.8. The number of sulfonamides is 1. The molecule has 0 radical (unpaired) electrons. The van der Waals surface area contributed by atoms with Crippen molar-refractivity contribution in [2.24, 2.45) is 0 Å². The second-order valence-corrected chi connectivity index (χ2v) is 5.74. The van der Waals surface area contributed by atoms with Crippen LogP contribution in [0.1, 0.15) is 0 Å². The Morgan fingerprint density at radius 2 is 1.69 bits per heavy atom. The Morgan fingerprint density at radius 3 is 2.00 bits per heavy atom. The predicted octanol–water partition coefficient (Wildman–Crippen LogP) is -0.130. The van der Waals surface area contributed by atoms with Crippen molar-refractivity contribution in [1.29, 1.82) is 0 Å². The van der Waals surface area contributed by atoms with Gasteiger partial charge in [0.05, 0.1) is 13.2 Å². The van der Waals surface area contributed by atoms with Gasteiger partial charge in [-0.1, -0.05) is 0 Å². The Hall–Kier alpha value is -0.430. The van der Waals surface area contributed by atoms with Gasteiger partial charge in [0.15, 0.2) is 10.0 Å². The standard InChI is InChI=1S/C4H5F3NO6S2/c5-4(6,7)15(9,10)8-16(11,12)14-3-1-13-2-3/h3H,1-2H2/q-1. The predicted molar refractivity (Wildman–Crippen MR) is 42.9 cm³/mol. The summed E-state index contributed by atoms with van der Waals surface area (Å²) >= 11 is 0. The molecule has 0 aromatic heterocycles. The molecule has 1 heterocycles. The second-order valence-electron chi connectivity index (χ2n) is 2.68. The van der Waals surface area contributed by atoms with Crippen molar-refractivity contribution in [3.63, 3.8) is 0 Å². The molecule has 1 aliphatic rings. The van der Waals surface area contributed by atoms with Crippen molar-refractivity contribution in [2.75, 3.05) is 13.2 Å². The van der Waals surface area contributed by atoms with E-state index in [4.69, 9.17) is 0 Å². The van der Waals surface area contributed by atoms with E-state index in [1.807, 2.05) is 0 Å². The highest BCUT2D eigenvalue weighted by Gasteiger charge is 2.41. The van der Waals surface area contributed by atoms with E-state index in [2.05, 4.69) is 8.92 Å². The molecule has 12 heteroatoms. The minimum absolute atomic E-state index is 0.152. The summed E-state index contributed by atoms with van der Waals surface area (Å²) in [6, 6.07) is 0. The lowest BCUT2D eigenvalue weighted by atomic mass is 10.3. The maximum absolute atomic E-state index is 11.8. The molecule has 0 N–H and O–H groups in total. The van der Waals surface area contributed by atoms with Gasteiger partial charge in [-0.3, -0.25) is 4.18 Å². The quantitative estimate of drug-likeness (QED) is 0.712. The van der Waals surface area contributed by atoms with Crippen LogP contribution < -0.4 is 0 Å². The van der Waals surface area contributed by atoms with Gasteiger partial charge in [-0.15, -0.1) is 0 Å². The fourth-order valence-corrected chi connectivity index (χ4v) is 2.52. The fourth-order valence-electron chi connectivity index (χ4n) is 0.622. The fraction of sp³-hybridized carbons (Fsp3) is 1.00. The monoisotopic (exact) mass is 284 g/mol. The van der Waals surface area contributed by atoms with Crippen LogP contribution in [0.5, 0.6) is 0 Å². The van der Waals surface area contributed by atoms with Crippen molar-refractivity contribution in [1.82, 2.24) is 0 Å². The third-order valence-electron chi connectivity index (χ3n) is 1.35. The smallest absolute Gasteiger partial charge is 0.404 e. The van der Waals surface area contributed by atoms with E-state index >= 15 is 0 Å². The van der Waals surface area contributed by atoms with Gasteiger partial charge in [-0.25, -0.2) is 16.8 Å². The van der Waals surface area contributed by atoms with Crippen LogP contribution in [0, 0.1) is 0 Å². The molecule has 1 fully saturated rings. The molecule has 0 atom stereocenters. The van der Waals surface area contributed by atoms with Crippen LogP contribution in [-0.2, 0) is 29.2 Å². The summed E-state index contributed by atoms with van der Waals surface area (Å²) in [5.41, 5.74) is -5.78. The summed E-state index contributed by atoms with van der Waals surface area (Å²) in [6.07, 6.45) is -1.00. The number of rotatable bonds is 4. The summed E-state index contributed by atoms with van der Waals surface area (Å²) in [7, 11) is -11.3. The molecular weight excluding hydrogens is 279 g/mol. The highest BCUT2D eigenvalue weighted by Crippen LogP contribution is 2.30.